The third-order valence-electron chi connectivity index (χ3n) is 7.77. The van der Waals surface area contributed by atoms with Crippen LogP contribution in [0, 0.1) is 0 Å². The van der Waals surface area contributed by atoms with E-state index >= 15 is 4.39 Å². The summed E-state index contributed by atoms with van der Waals surface area (Å²) in [6, 6.07) is 6.04. The van der Waals surface area contributed by atoms with E-state index in [1.165, 1.54) is 4.68 Å². The number of benzene rings is 1. The summed E-state index contributed by atoms with van der Waals surface area (Å²) in [6.07, 6.45) is 4.87. The van der Waals surface area contributed by atoms with Gasteiger partial charge in [-0.1, -0.05) is 20.8 Å². The predicted octanol–water partition coefficient (Wildman–Crippen LogP) is 5.85. The lowest BCUT2D eigenvalue weighted by Crippen LogP contribution is -2.43. The molecular formula is C29H45FN4O7SSi. The Bertz CT molecular complexity index is 1470. The molecule has 0 bridgehead atoms. The van der Waals surface area contributed by atoms with E-state index in [4.69, 9.17) is 27.9 Å². The van der Waals surface area contributed by atoms with E-state index in [-0.39, 0.29) is 37.7 Å². The molecule has 3 unspecified atom stereocenters. The number of fused-ring (bicyclic) bond motifs is 1. The van der Waals surface area contributed by atoms with Gasteiger partial charge in [0.2, 0.25) is 14.6 Å². The van der Waals surface area contributed by atoms with Gasteiger partial charge in [0.15, 0.2) is 6.23 Å². The minimum Gasteiger partial charge on any atom is -0.543 e. The van der Waals surface area contributed by atoms with Crippen LogP contribution in [-0.4, -0.2) is 81.7 Å². The highest BCUT2D eigenvalue weighted by molar-refractivity contribution is 7.86. The molecule has 43 heavy (non-hydrogen) atoms. The average molecular weight is 641 g/mol. The highest BCUT2D eigenvalue weighted by atomic mass is 32.2. The summed E-state index contributed by atoms with van der Waals surface area (Å²) in [5.74, 6) is 0.785. The Balaban J connectivity index is 1.47. The van der Waals surface area contributed by atoms with Crippen LogP contribution in [0.25, 0.3) is 22.2 Å². The van der Waals surface area contributed by atoms with E-state index in [0.29, 0.717) is 17.9 Å². The molecule has 1 fully saturated rings. The number of rotatable bonds is 14. The molecule has 2 aromatic heterocycles. The van der Waals surface area contributed by atoms with Crippen LogP contribution in [0.5, 0.6) is 5.75 Å². The molecule has 3 aromatic rings. The van der Waals surface area contributed by atoms with Crippen molar-refractivity contribution in [3.63, 3.8) is 0 Å². The molecule has 0 amide bonds. The standard InChI is InChI=1S/C29H45FN4O7SSi/c1-21(40-42(5,35)36)19-37-14-15-38-20-26(30)33-18-22(17-31-33)28-24-16-23(41-43(6,7)29(2,3)4)11-12-25(24)34(32-28)27-10-8-9-13-39-27/h11-12,16-18,21,26-27H,8-10,13-15,19-20H2,1-7H3. The maximum Gasteiger partial charge on any atom is 0.264 e. The SMILES string of the molecule is CC(COCCOCC(F)n1cc(-c2nn(C3CCCCO3)c3ccc(O[Si](C)(C)C(C)(C)C)cc23)cn1)OS(C)(=O)=O. The van der Waals surface area contributed by atoms with Gasteiger partial charge in [-0.3, -0.25) is 4.18 Å². The second-order valence-electron chi connectivity index (χ2n) is 12.6. The van der Waals surface area contributed by atoms with E-state index in [1.54, 1.807) is 19.3 Å². The summed E-state index contributed by atoms with van der Waals surface area (Å²) >= 11 is 0. The Labute approximate surface area is 254 Å². The van der Waals surface area contributed by atoms with Crippen molar-refractivity contribution in [1.29, 1.82) is 0 Å². The third kappa shape index (κ3) is 8.85. The number of hydrogen-bond donors (Lipinski definition) is 0. The molecule has 14 heteroatoms. The van der Waals surface area contributed by atoms with Crippen LogP contribution in [0.2, 0.25) is 18.1 Å². The Morgan fingerprint density at radius 3 is 2.53 bits per heavy atom. The van der Waals surface area contributed by atoms with Crippen molar-refractivity contribution in [3.05, 3.63) is 30.6 Å². The van der Waals surface area contributed by atoms with Crippen LogP contribution in [0.3, 0.4) is 0 Å². The van der Waals surface area contributed by atoms with Gasteiger partial charge >= 0.3 is 0 Å². The lowest BCUT2D eigenvalue weighted by molar-refractivity contribution is -0.0365. The molecule has 240 valence electrons. The van der Waals surface area contributed by atoms with Gasteiger partial charge in [-0.15, -0.1) is 0 Å². The molecule has 1 aliphatic rings. The average Bonchev–Trinajstić information content (AvgIpc) is 3.54. The van der Waals surface area contributed by atoms with Gasteiger partial charge in [-0.25, -0.2) is 13.8 Å². The van der Waals surface area contributed by atoms with Gasteiger partial charge < -0.3 is 18.6 Å². The molecule has 1 aliphatic heterocycles. The fraction of sp³-hybridized carbons (Fsp3) is 0.655. The molecule has 3 heterocycles. The fourth-order valence-electron chi connectivity index (χ4n) is 4.54. The zero-order valence-corrected chi connectivity index (χ0v) is 28.0. The Hall–Kier alpha value is -2.36. The smallest absolute Gasteiger partial charge is 0.264 e. The molecular weight excluding hydrogens is 595 g/mol. The molecule has 0 radical (unpaired) electrons. The van der Waals surface area contributed by atoms with Gasteiger partial charge in [0.05, 0.1) is 50.5 Å². The monoisotopic (exact) mass is 640 g/mol. The molecule has 4 rings (SSSR count). The van der Waals surface area contributed by atoms with E-state index in [1.807, 2.05) is 22.9 Å². The van der Waals surface area contributed by atoms with Crippen molar-refractivity contribution in [1.82, 2.24) is 19.6 Å². The first kappa shape index (κ1) is 33.5. The van der Waals surface area contributed by atoms with Gasteiger partial charge in [0.1, 0.15) is 11.4 Å². The third-order valence-corrected chi connectivity index (χ3v) is 12.8. The number of ether oxygens (including phenoxy) is 3. The van der Waals surface area contributed by atoms with Crippen molar-refractivity contribution in [2.45, 2.75) is 83.7 Å². The zero-order chi connectivity index (χ0) is 31.4. The van der Waals surface area contributed by atoms with Gasteiger partial charge in [0, 0.05) is 23.8 Å². The van der Waals surface area contributed by atoms with E-state index in [2.05, 4.69) is 39.0 Å². The fourth-order valence-corrected chi connectivity index (χ4v) is 6.22. The van der Waals surface area contributed by atoms with Crippen LogP contribution < -0.4 is 4.43 Å². The number of aromatic nitrogens is 4. The Kier molecular flexibility index (Phi) is 10.7. The van der Waals surface area contributed by atoms with E-state index in [0.717, 1.165) is 42.2 Å². The maximum absolute atomic E-state index is 15.0. The molecule has 1 saturated heterocycles. The highest BCUT2D eigenvalue weighted by Crippen LogP contribution is 2.40. The van der Waals surface area contributed by atoms with Crippen LogP contribution in [0.1, 0.15) is 59.5 Å². The first-order valence-electron chi connectivity index (χ1n) is 14.7. The lowest BCUT2D eigenvalue weighted by Gasteiger charge is -2.36. The quantitative estimate of drug-likeness (QED) is 0.122. The second-order valence-corrected chi connectivity index (χ2v) is 18.9. The molecule has 0 spiro atoms. The first-order chi connectivity index (χ1) is 20.1. The van der Waals surface area contributed by atoms with Gasteiger partial charge in [-0.2, -0.15) is 18.6 Å². The molecule has 1 aromatic carbocycles. The second kappa shape index (κ2) is 13.7. The Morgan fingerprint density at radius 1 is 1.16 bits per heavy atom. The zero-order valence-electron chi connectivity index (χ0n) is 26.2. The summed E-state index contributed by atoms with van der Waals surface area (Å²) in [5.41, 5.74) is 2.28. The summed E-state index contributed by atoms with van der Waals surface area (Å²) in [5, 5.41) is 10.1. The number of nitrogens with zero attached hydrogens (tertiary/aromatic N) is 4. The van der Waals surface area contributed by atoms with Crippen LogP contribution in [0.4, 0.5) is 4.39 Å². The number of alkyl halides is 1. The Morgan fingerprint density at radius 2 is 1.88 bits per heavy atom. The topological polar surface area (TPSA) is 116 Å². The van der Waals surface area contributed by atoms with Gasteiger partial charge in [0.25, 0.3) is 10.1 Å². The summed E-state index contributed by atoms with van der Waals surface area (Å²) in [4.78, 5) is 0. The van der Waals surface area contributed by atoms with Crippen molar-refractivity contribution >= 4 is 29.3 Å². The van der Waals surface area contributed by atoms with Crippen LogP contribution in [-0.2, 0) is 28.5 Å². The summed E-state index contributed by atoms with van der Waals surface area (Å²) in [7, 11) is -5.62. The molecule has 0 aliphatic carbocycles. The largest absolute Gasteiger partial charge is 0.543 e. The van der Waals surface area contributed by atoms with E-state index in [9.17, 15) is 8.42 Å². The summed E-state index contributed by atoms with van der Waals surface area (Å²) in [6.45, 7) is 13.5. The molecule has 0 N–H and O–H groups in total. The van der Waals surface area contributed by atoms with Crippen molar-refractivity contribution in [3.8, 4) is 17.0 Å². The normalized spacial score (nSPS) is 18.2. The van der Waals surface area contributed by atoms with Gasteiger partial charge in [-0.05, 0) is 62.5 Å². The lowest BCUT2D eigenvalue weighted by atomic mass is 10.1. The molecule has 3 atom stereocenters. The van der Waals surface area contributed by atoms with Crippen LogP contribution in [0.15, 0.2) is 30.6 Å². The molecule has 0 saturated carbocycles. The summed E-state index contributed by atoms with van der Waals surface area (Å²) < 4.78 is 68.7. The van der Waals surface area contributed by atoms with Crippen LogP contribution >= 0.6 is 0 Å². The van der Waals surface area contributed by atoms with Crippen molar-refractivity contribution in [2.75, 3.05) is 39.3 Å². The predicted molar refractivity (Wildman–Crippen MR) is 165 cm³/mol. The van der Waals surface area contributed by atoms with Crippen molar-refractivity contribution in [2.24, 2.45) is 0 Å². The minimum absolute atomic E-state index is 0.0431. The first-order valence-corrected chi connectivity index (χ1v) is 19.4. The minimum atomic E-state index is -3.55. The number of halogens is 1. The molecule has 11 nitrogen and oxygen atoms in total. The highest BCUT2D eigenvalue weighted by Gasteiger charge is 2.39. The number of hydrogen-bond acceptors (Lipinski definition) is 9. The van der Waals surface area contributed by atoms with Crippen molar-refractivity contribution < 1.29 is 35.6 Å². The maximum atomic E-state index is 15.0. The van der Waals surface area contributed by atoms with E-state index < -0.39 is 30.8 Å².